The van der Waals surface area contributed by atoms with Crippen molar-refractivity contribution in [3.63, 3.8) is 0 Å². The number of carbonyl (C=O) groups excluding carboxylic acids is 1. The lowest BCUT2D eigenvalue weighted by Gasteiger charge is -2.35. The van der Waals surface area contributed by atoms with E-state index in [-0.39, 0.29) is 11.6 Å². The van der Waals surface area contributed by atoms with Gasteiger partial charge < -0.3 is 14.2 Å². The molecule has 0 atom stereocenters. The van der Waals surface area contributed by atoms with Crippen molar-refractivity contribution in [2.45, 2.75) is 6.92 Å². The summed E-state index contributed by atoms with van der Waals surface area (Å²) in [5.41, 5.74) is 0.324. The molecule has 22 heavy (non-hydrogen) atoms. The number of piperazine rings is 1. The molecule has 0 saturated carbocycles. The van der Waals surface area contributed by atoms with Crippen molar-refractivity contribution in [1.29, 1.82) is 0 Å². The molecule has 4 nitrogen and oxygen atoms in total. The summed E-state index contributed by atoms with van der Waals surface area (Å²) in [7, 11) is 0. The first-order valence-electron chi connectivity index (χ1n) is 7.09. The van der Waals surface area contributed by atoms with Crippen LogP contribution in [0.4, 0.5) is 14.5 Å². The van der Waals surface area contributed by atoms with Crippen LogP contribution in [0.15, 0.2) is 34.9 Å². The number of amides is 1. The molecule has 2 heterocycles. The monoisotopic (exact) mass is 306 g/mol. The lowest BCUT2D eigenvalue weighted by molar-refractivity contribution is -0.129. The second kappa shape index (κ2) is 5.79. The Labute approximate surface area is 126 Å². The van der Waals surface area contributed by atoms with Crippen molar-refractivity contribution in [1.82, 2.24) is 4.90 Å². The SMILES string of the molecule is CC(=O)N1CCN(c2c(F)cc(-c3ccco3)cc2F)CC1. The molecular weight excluding hydrogens is 290 g/mol. The number of carbonyl (C=O) groups is 1. The molecule has 1 saturated heterocycles. The van der Waals surface area contributed by atoms with Crippen molar-refractivity contribution in [3.8, 4) is 11.3 Å². The molecule has 1 aliphatic rings. The predicted octanol–water partition coefficient (Wildman–Crippen LogP) is 2.89. The average molecular weight is 306 g/mol. The molecule has 0 N–H and O–H groups in total. The fourth-order valence-electron chi connectivity index (χ4n) is 2.70. The van der Waals surface area contributed by atoms with E-state index in [0.717, 1.165) is 0 Å². The van der Waals surface area contributed by atoms with Gasteiger partial charge in [0.1, 0.15) is 23.1 Å². The first kappa shape index (κ1) is 14.6. The number of rotatable bonds is 2. The van der Waals surface area contributed by atoms with Gasteiger partial charge in [-0.1, -0.05) is 0 Å². The van der Waals surface area contributed by atoms with Gasteiger partial charge in [-0.25, -0.2) is 8.78 Å². The zero-order valence-electron chi connectivity index (χ0n) is 12.2. The molecule has 0 aliphatic carbocycles. The second-order valence-corrected chi connectivity index (χ2v) is 5.26. The Bertz CT molecular complexity index is 654. The van der Waals surface area contributed by atoms with E-state index >= 15 is 0 Å². The topological polar surface area (TPSA) is 36.7 Å². The Morgan fingerprint density at radius 1 is 1.14 bits per heavy atom. The van der Waals surface area contributed by atoms with Gasteiger partial charge in [0.15, 0.2) is 0 Å². The van der Waals surface area contributed by atoms with E-state index in [9.17, 15) is 13.6 Å². The highest BCUT2D eigenvalue weighted by Crippen LogP contribution is 2.30. The minimum atomic E-state index is -0.623. The Hall–Kier alpha value is -2.37. The van der Waals surface area contributed by atoms with E-state index in [2.05, 4.69) is 0 Å². The van der Waals surface area contributed by atoms with Gasteiger partial charge in [0.25, 0.3) is 0 Å². The fraction of sp³-hybridized carbons (Fsp3) is 0.312. The lowest BCUT2D eigenvalue weighted by atomic mass is 10.1. The van der Waals surface area contributed by atoms with Gasteiger partial charge in [-0.15, -0.1) is 0 Å². The Balaban J connectivity index is 1.85. The number of halogens is 2. The summed E-state index contributed by atoms with van der Waals surface area (Å²) in [6, 6.07) is 5.86. The third kappa shape index (κ3) is 2.68. The summed E-state index contributed by atoms with van der Waals surface area (Å²) in [5.74, 6) is -0.843. The number of hydrogen-bond donors (Lipinski definition) is 0. The molecule has 0 bridgehead atoms. The highest BCUT2D eigenvalue weighted by molar-refractivity contribution is 5.73. The average Bonchev–Trinajstić information content (AvgIpc) is 3.01. The largest absolute Gasteiger partial charge is 0.464 e. The Morgan fingerprint density at radius 3 is 2.27 bits per heavy atom. The minimum absolute atomic E-state index is 0.0197. The molecule has 1 amide bonds. The molecule has 0 radical (unpaired) electrons. The molecule has 6 heteroatoms. The molecule has 0 spiro atoms. The van der Waals surface area contributed by atoms with E-state index in [1.165, 1.54) is 25.3 Å². The highest BCUT2D eigenvalue weighted by atomic mass is 19.1. The van der Waals surface area contributed by atoms with Crippen LogP contribution >= 0.6 is 0 Å². The quantitative estimate of drug-likeness (QED) is 0.856. The number of nitrogens with zero attached hydrogens (tertiary/aromatic N) is 2. The van der Waals surface area contributed by atoms with Crippen LogP contribution in [-0.2, 0) is 4.79 Å². The molecule has 1 aliphatic heterocycles. The van der Waals surface area contributed by atoms with Crippen LogP contribution in [0.2, 0.25) is 0 Å². The summed E-state index contributed by atoms with van der Waals surface area (Å²) in [6.45, 7) is 3.25. The van der Waals surface area contributed by atoms with Crippen molar-refractivity contribution in [3.05, 3.63) is 42.2 Å². The second-order valence-electron chi connectivity index (χ2n) is 5.26. The maximum atomic E-state index is 14.3. The smallest absolute Gasteiger partial charge is 0.219 e. The summed E-state index contributed by atoms with van der Waals surface area (Å²) < 4.78 is 33.8. The van der Waals surface area contributed by atoms with Crippen molar-refractivity contribution in [2.75, 3.05) is 31.1 Å². The number of benzene rings is 1. The predicted molar refractivity (Wildman–Crippen MR) is 78.5 cm³/mol. The zero-order valence-corrected chi connectivity index (χ0v) is 12.2. The molecular formula is C16H16F2N2O2. The Morgan fingerprint density at radius 2 is 1.77 bits per heavy atom. The summed E-state index contributed by atoms with van der Waals surface area (Å²) >= 11 is 0. The van der Waals surface area contributed by atoms with Crippen LogP contribution in [0, 0.1) is 11.6 Å². The Kier molecular flexibility index (Phi) is 3.83. The lowest BCUT2D eigenvalue weighted by Crippen LogP contribution is -2.48. The third-order valence-corrected chi connectivity index (χ3v) is 3.86. The molecule has 2 aromatic rings. The van der Waals surface area contributed by atoms with Crippen LogP contribution in [0.25, 0.3) is 11.3 Å². The van der Waals surface area contributed by atoms with Crippen molar-refractivity contribution >= 4 is 11.6 Å². The summed E-state index contributed by atoms with van der Waals surface area (Å²) in [4.78, 5) is 14.6. The van der Waals surface area contributed by atoms with Gasteiger partial charge >= 0.3 is 0 Å². The maximum absolute atomic E-state index is 14.3. The van der Waals surface area contributed by atoms with E-state index < -0.39 is 11.6 Å². The maximum Gasteiger partial charge on any atom is 0.219 e. The van der Waals surface area contributed by atoms with E-state index in [1.807, 2.05) is 0 Å². The fourth-order valence-corrected chi connectivity index (χ4v) is 2.70. The normalized spacial score (nSPS) is 15.2. The van der Waals surface area contributed by atoms with Crippen LogP contribution in [0.5, 0.6) is 0 Å². The van der Waals surface area contributed by atoms with E-state index in [4.69, 9.17) is 4.42 Å². The molecule has 0 unspecified atom stereocenters. The van der Waals surface area contributed by atoms with Crippen LogP contribution in [0.3, 0.4) is 0 Å². The van der Waals surface area contributed by atoms with Gasteiger partial charge in [0.05, 0.1) is 6.26 Å². The summed E-state index contributed by atoms with van der Waals surface area (Å²) in [6.07, 6.45) is 1.46. The van der Waals surface area contributed by atoms with Crippen LogP contribution in [-0.4, -0.2) is 37.0 Å². The standard InChI is InChI=1S/C16H16F2N2O2/c1-11(21)19-4-6-20(7-5-19)16-13(17)9-12(10-14(16)18)15-3-2-8-22-15/h2-3,8-10H,4-7H2,1H3. The van der Waals surface area contributed by atoms with Gasteiger partial charge in [-0.2, -0.15) is 0 Å². The molecule has 3 rings (SSSR count). The number of furan rings is 1. The molecule has 116 valence electrons. The first-order chi connectivity index (χ1) is 10.6. The van der Waals surface area contributed by atoms with Gasteiger partial charge in [0, 0.05) is 38.7 Å². The van der Waals surface area contributed by atoms with Gasteiger partial charge in [0.2, 0.25) is 5.91 Å². The third-order valence-electron chi connectivity index (χ3n) is 3.86. The van der Waals surface area contributed by atoms with Crippen LogP contribution in [0.1, 0.15) is 6.92 Å². The molecule has 1 aromatic heterocycles. The van der Waals surface area contributed by atoms with Gasteiger partial charge in [-0.3, -0.25) is 4.79 Å². The number of hydrogen-bond acceptors (Lipinski definition) is 3. The van der Waals surface area contributed by atoms with Gasteiger partial charge in [-0.05, 0) is 24.3 Å². The number of anilines is 1. The molecule has 1 aromatic carbocycles. The first-order valence-corrected chi connectivity index (χ1v) is 7.09. The van der Waals surface area contributed by atoms with Crippen LogP contribution < -0.4 is 4.90 Å². The van der Waals surface area contributed by atoms with E-state index in [0.29, 0.717) is 37.5 Å². The highest BCUT2D eigenvalue weighted by Gasteiger charge is 2.24. The van der Waals surface area contributed by atoms with Crippen molar-refractivity contribution in [2.24, 2.45) is 0 Å². The van der Waals surface area contributed by atoms with Crippen molar-refractivity contribution < 1.29 is 18.0 Å². The minimum Gasteiger partial charge on any atom is -0.464 e. The summed E-state index contributed by atoms with van der Waals surface area (Å²) in [5, 5.41) is 0. The van der Waals surface area contributed by atoms with E-state index in [1.54, 1.807) is 21.9 Å². The zero-order chi connectivity index (χ0) is 15.7. The molecule has 1 fully saturated rings.